The molecule has 1 aromatic heterocycles. The molecule has 2 saturated heterocycles. The van der Waals surface area contributed by atoms with Crippen LogP contribution in [0.1, 0.15) is 65.9 Å². The highest BCUT2D eigenvalue weighted by atomic mass is 16.5. The molecule has 2 aromatic rings. The molecule has 3 aliphatic heterocycles. The van der Waals surface area contributed by atoms with E-state index in [4.69, 9.17) is 9.47 Å². The molecule has 1 unspecified atom stereocenters. The average molecular weight is 505 g/mol. The first-order chi connectivity index (χ1) is 18.0. The maximum Gasteiger partial charge on any atom is 0.255 e. The fourth-order valence-electron chi connectivity index (χ4n) is 6.22. The Bertz CT molecular complexity index is 1230. The van der Waals surface area contributed by atoms with E-state index < -0.39 is 11.9 Å². The van der Waals surface area contributed by atoms with Gasteiger partial charge in [0, 0.05) is 55.8 Å². The molecule has 1 N–H and O–H groups in total. The quantitative estimate of drug-likeness (QED) is 0.604. The largest absolute Gasteiger partial charge is 0.489 e. The number of pyridine rings is 1. The smallest absolute Gasteiger partial charge is 0.255 e. The number of nitrogens with zero attached hydrogens (tertiary/aromatic N) is 3. The van der Waals surface area contributed by atoms with Gasteiger partial charge in [-0.1, -0.05) is 6.42 Å². The number of aromatic nitrogens is 1. The van der Waals surface area contributed by atoms with Gasteiger partial charge in [-0.05, 0) is 61.1 Å². The number of hydrogen-bond donors (Lipinski definition) is 1. The van der Waals surface area contributed by atoms with Gasteiger partial charge in [-0.25, -0.2) is 4.98 Å². The summed E-state index contributed by atoms with van der Waals surface area (Å²) in [5, 5.41) is 2.35. The number of methoxy groups -OCH3 is 1. The highest BCUT2D eigenvalue weighted by Gasteiger charge is 2.41. The topological polar surface area (TPSA) is 101 Å². The van der Waals surface area contributed by atoms with Crippen LogP contribution in [0.3, 0.4) is 0 Å². The molecule has 4 aliphatic rings. The zero-order valence-corrected chi connectivity index (χ0v) is 21.0. The minimum Gasteiger partial charge on any atom is -0.489 e. The van der Waals surface area contributed by atoms with Crippen LogP contribution in [0.4, 0.5) is 0 Å². The number of ether oxygens (including phenoxy) is 2. The molecular formula is C28H32N4O5. The molecule has 0 radical (unpaired) electrons. The van der Waals surface area contributed by atoms with Crippen molar-refractivity contribution >= 4 is 17.7 Å². The summed E-state index contributed by atoms with van der Waals surface area (Å²) in [4.78, 5) is 45.2. The highest BCUT2D eigenvalue weighted by molar-refractivity contribution is 6.05. The third kappa shape index (κ3) is 4.56. The maximum atomic E-state index is 13.0. The van der Waals surface area contributed by atoms with Crippen LogP contribution in [-0.2, 0) is 16.1 Å². The lowest BCUT2D eigenvalue weighted by molar-refractivity contribution is -0.136. The summed E-state index contributed by atoms with van der Waals surface area (Å²) < 4.78 is 11.8. The second kappa shape index (κ2) is 9.78. The van der Waals surface area contributed by atoms with Crippen LogP contribution in [0, 0.1) is 0 Å². The fraction of sp³-hybridized carbons (Fsp3) is 0.500. The third-order valence-corrected chi connectivity index (χ3v) is 8.27. The molecule has 9 nitrogen and oxygen atoms in total. The van der Waals surface area contributed by atoms with E-state index in [1.54, 1.807) is 12.0 Å². The Morgan fingerprint density at radius 2 is 1.86 bits per heavy atom. The molecule has 1 aromatic carbocycles. The second-order valence-corrected chi connectivity index (χ2v) is 10.5. The molecule has 4 heterocycles. The molecule has 3 fully saturated rings. The number of fused-ring (bicyclic) bond motifs is 1. The van der Waals surface area contributed by atoms with Crippen molar-refractivity contribution in [2.45, 2.75) is 69.2 Å². The lowest BCUT2D eigenvalue weighted by atomic mass is 9.84. The molecule has 0 spiro atoms. The molecule has 37 heavy (non-hydrogen) atoms. The normalized spacial score (nSPS) is 26.5. The number of benzene rings is 1. The van der Waals surface area contributed by atoms with Crippen molar-refractivity contribution in [3.8, 4) is 11.6 Å². The molecule has 1 aliphatic carbocycles. The van der Waals surface area contributed by atoms with E-state index in [2.05, 4.69) is 21.3 Å². The van der Waals surface area contributed by atoms with E-state index in [0.717, 1.165) is 43.7 Å². The molecular weight excluding hydrogens is 472 g/mol. The van der Waals surface area contributed by atoms with Gasteiger partial charge in [0.25, 0.3) is 5.91 Å². The molecule has 6 rings (SSSR count). The van der Waals surface area contributed by atoms with Crippen LogP contribution in [0.25, 0.3) is 0 Å². The van der Waals surface area contributed by atoms with Crippen molar-refractivity contribution in [3.05, 3.63) is 53.2 Å². The number of amides is 3. The standard InChI is InChI=1S/C28H32N4O5/c1-36-26-13-17(10-11-29-26)19-14-31(15-19)22-4-2-3-5-24(22)37-20-6-7-21-18(12-20)16-32(28(21)35)23-8-9-25(33)30-27(23)34/h6-7,10-13,19,22-24H,2-5,8-9,14-16H2,1H3,(H,30,33,34)/t22-,23?,24-/m0/s1. The number of piperidine rings is 1. The molecule has 3 amide bonds. The summed E-state index contributed by atoms with van der Waals surface area (Å²) in [5.74, 6) is 1.06. The van der Waals surface area contributed by atoms with Gasteiger partial charge in [0.2, 0.25) is 17.7 Å². The van der Waals surface area contributed by atoms with Crippen LogP contribution >= 0.6 is 0 Å². The Kier molecular flexibility index (Phi) is 6.32. The van der Waals surface area contributed by atoms with Gasteiger partial charge < -0.3 is 14.4 Å². The number of carbonyl (C=O) groups excluding carboxylic acids is 3. The molecule has 9 heteroatoms. The Morgan fingerprint density at radius 3 is 2.68 bits per heavy atom. The lowest BCUT2D eigenvalue weighted by Gasteiger charge is -2.48. The van der Waals surface area contributed by atoms with Crippen LogP contribution in [0.2, 0.25) is 0 Å². The predicted molar refractivity (Wildman–Crippen MR) is 134 cm³/mol. The summed E-state index contributed by atoms with van der Waals surface area (Å²) in [6.07, 6.45) is 6.99. The van der Waals surface area contributed by atoms with Gasteiger partial charge in [0.15, 0.2) is 0 Å². The van der Waals surface area contributed by atoms with Crippen LogP contribution < -0.4 is 14.8 Å². The van der Waals surface area contributed by atoms with E-state index in [0.29, 0.717) is 36.4 Å². The van der Waals surface area contributed by atoms with Gasteiger partial charge in [0.05, 0.1) is 7.11 Å². The van der Waals surface area contributed by atoms with Crippen molar-refractivity contribution in [1.29, 1.82) is 0 Å². The van der Waals surface area contributed by atoms with Crippen molar-refractivity contribution in [1.82, 2.24) is 20.1 Å². The van der Waals surface area contributed by atoms with Gasteiger partial charge in [-0.3, -0.25) is 24.6 Å². The Labute approximate surface area is 216 Å². The van der Waals surface area contributed by atoms with Gasteiger partial charge in [-0.2, -0.15) is 0 Å². The van der Waals surface area contributed by atoms with Gasteiger partial charge >= 0.3 is 0 Å². The average Bonchev–Trinajstić information content (AvgIpc) is 3.19. The maximum absolute atomic E-state index is 13.0. The predicted octanol–water partition coefficient (Wildman–Crippen LogP) is 2.64. The van der Waals surface area contributed by atoms with E-state index in [9.17, 15) is 14.4 Å². The Morgan fingerprint density at radius 1 is 1.03 bits per heavy atom. The summed E-state index contributed by atoms with van der Waals surface area (Å²) in [5.41, 5.74) is 2.74. The van der Waals surface area contributed by atoms with Crippen molar-refractivity contribution in [2.24, 2.45) is 0 Å². The number of rotatable bonds is 6. The molecule has 1 saturated carbocycles. The van der Waals surface area contributed by atoms with Crippen LogP contribution in [-0.4, -0.2) is 70.9 Å². The molecule has 3 atom stereocenters. The van der Waals surface area contributed by atoms with E-state index in [1.807, 2.05) is 30.5 Å². The Hall–Kier alpha value is -3.46. The number of nitrogens with one attached hydrogen (secondary N) is 1. The Balaban J connectivity index is 1.11. The first-order valence-corrected chi connectivity index (χ1v) is 13.2. The van der Waals surface area contributed by atoms with Crippen LogP contribution in [0.15, 0.2) is 36.5 Å². The molecule has 194 valence electrons. The first-order valence-electron chi connectivity index (χ1n) is 13.2. The summed E-state index contributed by atoms with van der Waals surface area (Å²) >= 11 is 0. The summed E-state index contributed by atoms with van der Waals surface area (Å²) in [6, 6.07) is 9.50. The number of imide groups is 1. The zero-order valence-electron chi connectivity index (χ0n) is 21.0. The first kappa shape index (κ1) is 23.9. The fourth-order valence-corrected chi connectivity index (χ4v) is 6.22. The number of carbonyl (C=O) groups is 3. The SMILES string of the molecule is COc1cc(C2CN([C@H]3CCCC[C@@H]3Oc3ccc4c(c3)CN(C3CCC(=O)NC3=O)C4=O)C2)ccn1. The minimum absolute atomic E-state index is 0.100. The van der Waals surface area contributed by atoms with Gasteiger partial charge in [-0.15, -0.1) is 0 Å². The molecule has 0 bridgehead atoms. The van der Waals surface area contributed by atoms with E-state index >= 15 is 0 Å². The summed E-state index contributed by atoms with van der Waals surface area (Å²) in [6.45, 7) is 2.35. The lowest BCUT2D eigenvalue weighted by Crippen LogP contribution is -2.57. The number of likely N-dealkylation sites (tertiary alicyclic amines) is 1. The van der Waals surface area contributed by atoms with E-state index in [1.165, 1.54) is 12.0 Å². The zero-order chi connectivity index (χ0) is 25.5. The van der Waals surface area contributed by atoms with E-state index in [-0.39, 0.29) is 24.3 Å². The monoisotopic (exact) mass is 504 g/mol. The van der Waals surface area contributed by atoms with Crippen molar-refractivity contribution in [3.63, 3.8) is 0 Å². The number of hydrogen-bond acceptors (Lipinski definition) is 7. The summed E-state index contributed by atoms with van der Waals surface area (Å²) in [7, 11) is 1.64. The second-order valence-electron chi connectivity index (χ2n) is 10.5. The van der Waals surface area contributed by atoms with Crippen molar-refractivity contribution in [2.75, 3.05) is 20.2 Å². The van der Waals surface area contributed by atoms with Gasteiger partial charge in [0.1, 0.15) is 17.9 Å². The highest BCUT2D eigenvalue weighted by Crippen LogP contribution is 2.37. The van der Waals surface area contributed by atoms with Crippen molar-refractivity contribution < 1.29 is 23.9 Å². The van der Waals surface area contributed by atoms with Crippen LogP contribution in [0.5, 0.6) is 11.6 Å². The minimum atomic E-state index is -0.607. The third-order valence-electron chi connectivity index (χ3n) is 8.27.